The van der Waals surface area contributed by atoms with Gasteiger partial charge in [-0.3, -0.25) is 0 Å². The summed E-state index contributed by atoms with van der Waals surface area (Å²) in [6.07, 6.45) is 5.90. The van der Waals surface area contributed by atoms with Gasteiger partial charge in [-0.15, -0.1) is 0 Å². The summed E-state index contributed by atoms with van der Waals surface area (Å²) in [5, 5.41) is 30.6. The summed E-state index contributed by atoms with van der Waals surface area (Å²) in [5.74, 6) is 1.10. The van der Waals surface area contributed by atoms with Crippen molar-refractivity contribution in [3.8, 4) is 17.6 Å². The van der Waals surface area contributed by atoms with Crippen molar-refractivity contribution in [3.05, 3.63) is 23.3 Å². The van der Waals surface area contributed by atoms with Crippen molar-refractivity contribution in [3.63, 3.8) is 0 Å². The number of hydrogen-bond acceptors (Lipinski definition) is 4. The standard InChI is InChI=1S/C21H29NO3/c1-4-5-6-7-14-10-17(23)19-15-12-21(24,13-22)9-8-16(15)20(2,3)25-18(19)11-14/h10-11,15-16,23-24H,4-9,12H2,1-3H3/t15-,16-,21-/m1/s1. The molecule has 4 nitrogen and oxygen atoms in total. The molecule has 2 aliphatic rings. The minimum Gasteiger partial charge on any atom is -0.508 e. The molecule has 136 valence electrons. The summed E-state index contributed by atoms with van der Waals surface area (Å²) in [4.78, 5) is 0. The van der Waals surface area contributed by atoms with E-state index < -0.39 is 5.60 Å². The van der Waals surface area contributed by atoms with Gasteiger partial charge < -0.3 is 14.9 Å². The average Bonchev–Trinajstić information content (AvgIpc) is 2.53. The highest BCUT2D eigenvalue weighted by molar-refractivity contribution is 5.52. The molecule has 4 heteroatoms. The van der Waals surface area contributed by atoms with Crippen LogP contribution in [0.25, 0.3) is 0 Å². The molecule has 3 rings (SSSR count). The van der Waals surface area contributed by atoms with Gasteiger partial charge in [-0.1, -0.05) is 19.8 Å². The normalized spacial score (nSPS) is 29.9. The molecule has 1 heterocycles. The number of aromatic hydroxyl groups is 1. The van der Waals surface area contributed by atoms with E-state index >= 15 is 0 Å². The Bertz CT molecular complexity index is 691. The number of nitriles is 1. The van der Waals surface area contributed by atoms with Gasteiger partial charge in [-0.25, -0.2) is 0 Å². The first-order chi connectivity index (χ1) is 11.8. The number of unbranched alkanes of at least 4 members (excludes halogenated alkanes) is 2. The van der Waals surface area contributed by atoms with Crippen LogP contribution in [-0.4, -0.2) is 21.4 Å². The fraction of sp³-hybridized carbons (Fsp3) is 0.667. The lowest BCUT2D eigenvalue weighted by Gasteiger charge is -2.49. The summed E-state index contributed by atoms with van der Waals surface area (Å²) in [7, 11) is 0. The zero-order valence-electron chi connectivity index (χ0n) is 15.5. The number of nitrogens with zero attached hydrogens (tertiary/aromatic N) is 1. The van der Waals surface area contributed by atoms with Gasteiger partial charge in [0.05, 0.1) is 6.07 Å². The maximum absolute atomic E-state index is 10.7. The maximum Gasteiger partial charge on any atom is 0.151 e. The summed E-state index contributed by atoms with van der Waals surface area (Å²) >= 11 is 0. The van der Waals surface area contributed by atoms with Crippen LogP contribution < -0.4 is 4.74 Å². The van der Waals surface area contributed by atoms with E-state index in [4.69, 9.17) is 4.74 Å². The Kier molecular flexibility index (Phi) is 4.72. The molecule has 25 heavy (non-hydrogen) atoms. The van der Waals surface area contributed by atoms with E-state index in [1.54, 1.807) is 0 Å². The van der Waals surface area contributed by atoms with E-state index in [9.17, 15) is 15.5 Å². The number of hydrogen-bond donors (Lipinski definition) is 2. The second kappa shape index (κ2) is 6.53. The number of ether oxygens (including phenoxy) is 1. The van der Waals surface area contributed by atoms with E-state index in [1.165, 1.54) is 6.42 Å². The van der Waals surface area contributed by atoms with Crippen LogP contribution in [0.2, 0.25) is 0 Å². The minimum atomic E-state index is -1.31. The predicted octanol–water partition coefficient (Wildman–Crippen LogP) is 4.43. The van der Waals surface area contributed by atoms with E-state index in [2.05, 4.69) is 26.8 Å². The Balaban J connectivity index is 1.98. The van der Waals surface area contributed by atoms with Crippen molar-refractivity contribution < 1.29 is 14.9 Å². The molecule has 0 bridgehead atoms. The lowest BCUT2D eigenvalue weighted by atomic mass is 9.62. The van der Waals surface area contributed by atoms with Crippen molar-refractivity contribution in [2.24, 2.45) is 5.92 Å². The van der Waals surface area contributed by atoms with Gasteiger partial charge in [-0.05, 0) is 63.6 Å². The van der Waals surface area contributed by atoms with Crippen LogP contribution in [0.1, 0.15) is 76.3 Å². The topological polar surface area (TPSA) is 73.5 Å². The fourth-order valence-electron chi connectivity index (χ4n) is 4.65. The Morgan fingerprint density at radius 2 is 2.08 bits per heavy atom. The number of aryl methyl sites for hydroxylation is 1. The van der Waals surface area contributed by atoms with E-state index in [0.29, 0.717) is 12.8 Å². The van der Waals surface area contributed by atoms with Crippen molar-refractivity contribution in [1.29, 1.82) is 5.26 Å². The van der Waals surface area contributed by atoms with Crippen LogP contribution in [0.15, 0.2) is 12.1 Å². The number of aliphatic hydroxyl groups is 1. The second-order valence-electron chi connectivity index (χ2n) is 8.29. The Morgan fingerprint density at radius 3 is 2.76 bits per heavy atom. The molecule has 1 aliphatic carbocycles. The minimum absolute atomic E-state index is 0.0539. The molecule has 1 aromatic rings. The third kappa shape index (κ3) is 3.35. The quantitative estimate of drug-likeness (QED) is 0.626. The predicted molar refractivity (Wildman–Crippen MR) is 96.7 cm³/mol. The third-order valence-electron chi connectivity index (χ3n) is 6.01. The zero-order valence-corrected chi connectivity index (χ0v) is 15.5. The van der Waals surface area contributed by atoms with Crippen LogP contribution >= 0.6 is 0 Å². The first kappa shape index (κ1) is 18.1. The van der Waals surface area contributed by atoms with Crippen LogP contribution in [-0.2, 0) is 6.42 Å². The molecule has 1 saturated carbocycles. The molecule has 0 aromatic heterocycles. The Morgan fingerprint density at radius 1 is 1.32 bits per heavy atom. The molecule has 0 saturated heterocycles. The van der Waals surface area contributed by atoms with Gasteiger partial charge in [0.2, 0.25) is 0 Å². The lowest BCUT2D eigenvalue weighted by molar-refractivity contribution is -0.0517. The summed E-state index contributed by atoms with van der Waals surface area (Å²) in [5.41, 5.74) is 0.184. The zero-order chi connectivity index (χ0) is 18.2. The third-order valence-corrected chi connectivity index (χ3v) is 6.01. The summed E-state index contributed by atoms with van der Waals surface area (Å²) < 4.78 is 6.29. The monoisotopic (exact) mass is 343 g/mol. The van der Waals surface area contributed by atoms with Crippen LogP contribution in [0.3, 0.4) is 0 Å². The number of fused-ring (bicyclic) bond motifs is 3. The average molecular weight is 343 g/mol. The first-order valence-electron chi connectivity index (χ1n) is 9.48. The molecule has 1 aromatic carbocycles. The van der Waals surface area contributed by atoms with Gasteiger partial charge in [-0.2, -0.15) is 5.26 Å². The lowest BCUT2D eigenvalue weighted by Crippen LogP contribution is -2.50. The number of benzene rings is 1. The highest BCUT2D eigenvalue weighted by Crippen LogP contribution is 2.56. The summed E-state index contributed by atoms with van der Waals surface area (Å²) in [6, 6.07) is 5.95. The van der Waals surface area contributed by atoms with Gasteiger partial charge in [0.1, 0.15) is 17.1 Å². The number of phenolic OH excluding ortho intramolecular Hbond substituents is 1. The highest BCUT2D eigenvalue weighted by atomic mass is 16.5. The SMILES string of the molecule is CCCCCc1cc(O)c2c(c1)OC(C)(C)[C@@H]1CC[C@](O)(C#N)C[C@@H]21. The highest BCUT2D eigenvalue weighted by Gasteiger charge is 2.51. The van der Waals surface area contributed by atoms with Gasteiger partial charge in [0, 0.05) is 17.4 Å². The van der Waals surface area contributed by atoms with Crippen molar-refractivity contribution in [2.45, 2.75) is 82.8 Å². The molecule has 3 atom stereocenters. The van der Waals surface area contributed by atoms with Gasteiger partial charge >= 0.3 is 0 Å². The largest absolute Gasteiger partial charge is 0.508 e. The molecule has 1 aliphatic heterocycles. The maximum atomic E-state index is 10.7. The molecule has 0 amide bonds. The Hall–Kier alpha value is -1.73. The van der Waals surface area contributed by atoms with Gasteiger partial charge in [0.25, 0.3) is 0 Å². The number of rotatable bonds is 4. The van der Waals surface area contributed by atoms with Gasteiger partial charge in [0.15, 0.2) is 5.60 Å². The molecule has 0 spiro atoms. The smallest absolute Gasteiger partial charge is 0.151 e. The van der Waals surface area contributed by atoms with Crippen molar-refractivity contribution in [2.75, 3.05) is 0 Å². The number of phenols is 1. The summed E-state index contributed by atoms with van der Waals surface area (Å²) in [6.45, 7) is 6.33. The Labute approximate surface area is 150 Å². The molecular weight excluding hydrogens is 314 g/mol. The fourth-order valence-corrected chi connectivity index (χ4v) is 4.65. The van der Waals surface area contributed by atoms with Crippen LogP contribution in [0, 0.1) is 17.2 Å². The first-order valence-corrected chi connectivity index (χ1v) is 9.48. The van der Waals surface area contributed by atoms with Crippen molar-refractivity contribution >= 4 is 0 Å². The molecule has 1 fully saturated rings. The van der Waals surface area contributed by atoms with Crippen LogP contribution in [0.4, 0.5) is 0 Å². The molecule has 0 unspecified atom stereocenters. The van der Waals surface area contributed by atoms with Crippen LogP contribution in [0.5, 0.6) is 11.5 Å². The van der Waals surface area contributed by atoms with Crippen molar-refractivity contribution in [1.82, 2.24) is 0 Å². The molecule has 0 radical (unpaired) electrons. The molecular formula is C21H29NO3. The molecule has 2 N–H and O–H groups in total. The van der Waals surface area contributed by atoms with E-state index in [0.717, 1.165) is 42.6 Å². The van der Waals surface area contributed by atoms with E-state index in [-0.39, 0.29) is 23.2 Å². The second-order valence-corrected chi connectivity index (χ2v) is 8.29. The van der Waals surface area contributed by atoms with E-state index in [1.807, 2.05) is 12.1 Å².